The molecule has 0 unspecified atom stereocenters. The fraction of sp³-hybridized carbons (Fsp3) is 0.0714. The monoisotopic (exact) mass is 305 g/mol. The first-order chi connectivity index (χ1) is 9.66. The number of aromatic nitrogens is 1. The fourth-order valence-corrected chi connectivity index (χ4v) is 1.93. The summed E-state index contributed by atoms with van der Waals surface area (Å²) in [6.07, 6.45) is 3.39. The SMILES string of the molecule is O=C(NC(=S)NCc1ccncc1)c1ccccc1Cl. The highest BCUT2D eigenvalue weighted by molar-refractivity contribution is 7.80. The van der Waals surface area contributed by atoms with Crippen LogP contribution in [0.3, 0.4) is 0 Å². The van der Waals surface area contributed by atoms with Crippen LogP contribution in [0, 0.1) is 0 Å². The van der Waals surface area contributed by atoms with Crippen molar-refractivity contribution >= 4 is 34.8 Å². The van der Waals surface area contributed by atoms with Crippen LogP contribution in [0.4, 0.5) is 0 Å². The average Bonchev–Trinajstić information content (AvgIpc) is 2.46. The standard InChI is InChI=1S/C14H12ClN3OS/c15-12-4-2-1-3-11(12)13(19)18-14(20)17-9-10-5-7-16-8-6-10/h1-8H,9H2,(H2,17,18,19,20). The Hall–Kier alpha value is -1.98. The summed E-state index contributed by atoms with van der Waals surface area (Å²) in [5.41, 5.74) is 1.41. The van der Waals surface area contributed by atoms with Crippen molar-refractivity contribution in [1.82, 2.24) is 15.6 Å². The number of amides is 1. The number of hydrogen-bond donors (Lipinski definition) is 2. The average molecular weight is 306 g/mol. The summed E-state index contributed by atoms with van der Waals surface area (Å²) in [7, 11) is 0. The molecule has 0 aliphatic rings. The van der Waals surface area contributed by atoms with E-state index < -0.39 is 0 Å². The molecule has 6 heteroatoms. The molecule has 1 amide bonds. The van der Waals surface area contributed by atoms with E-state index in [9.17, 15) is 4.79 Å². The van der Waals surface area contributed by atoms with Crippen LogP contribution >= 0.6 is 23.8 Å². The Morgan fingerprint density at radius 3 is 2.60 bits per heavy atom. The second kappa shape index (κ2) is 6.98. The van der Waals surface area contributed by atoms with E-state index in [1.807, 2.05) is 12.1 Å². The zero-order chi connectivity index (χ0) is 14.4. The normalized spacial score (nSPS) is 9.85. The molecule has 0 fully saturated rings. The Morgan fingerprint density at radius 1 is 1.20 bits per heavy atom. The van der Waals surface area contributed by atoms with Gasteiger partial charge in [-0.2, -0.15) is 0 Å². The molecule has 0 radical (unpaired) electrons. The molecule has 0 bridgehead atoms. The number of halogens is 1. The van der Waals surface area contributed by atoms with Gasteiger partial charge in [-0.15, -0.1) is 0 Å². The second-order valence-electron chi connectivity index (χ2n) is 3.97. The Morgan fingerprint density at radius 2 is 1.90 bits per heavy atom. The Bertz CT molecular complexity index is 619. The van der Waals surface area contributed by atoms with Crippen LogP contribution in [0.15, 0.2) is 48.8 Å². The van der Waals surface area contributed by atoms with Crippen LogP contribution in [-0.2, 0) is 6.54 Å². The third kappa shape index (κ3) is 4.01. The Balaban J connectivity index is 1.89. The molecule has 1 heterocycles. The van der Waals surface area contributed by atoms with Gasteiger partial charge in [-0.05, 0) is 42.0 Å². The Kier molecular flexibility index (Phi) is 5.03. The molecule has 0 aliphatic heterocycles. The molecule has 2 aromatic rings. The van der Waals surface area contributed by atoms with Gasteiger partial charge in [0.2, 0.25) is 0 Å². The van der Waals surface area contributed by atoms with Crippen molar-refractivity contribution < 1.29 is 4.79 Å². The van der Waals surface area contributed by atoms with Gasteiger partial charge in [0.15, 0.2) is 5.11 Å². The molecule has 0 atom stereocenters. The van der Waals surface area contributed by atoms with Gasteiger partial charge in [-0.3, -0.25) is 15.1 Å². The zero-order valence-electron chi connectivity index (χ0n) is 10.5. The maximum Gasteiger partial charge on any atom is 0.258 e. The van der Waals surface area contributed by atoms with Crippen molar-refractivity contribution in [3.8, 4) is 0 Å². The lowest BCUT2D eigenvalue weighted by atomic mass is 10.2. The minimum atomic E-state index is -0.331. The minimum Gasteiger partial charge on any atom is -0.358 e. The van der Waals surface area contributed by atoms with Gasteiger partial charge < -0.3 is 5.32 Å². The lowest BCUT2D eigenvalue weighted by Gasteiger charge is -2.10. The molecule has 0 saturated carbocycles. The number of nitrogens with one attached hydrogen (secondary N) is 2. The molecule has 0 spiro atoms. The largest absolute Gasteiger partial charge is 0.358 e. The third-order valence-electron chi connectivity index (χ3n) is 2.55. The van der Waals surface area contributed by atoms with Crippen LogP contribution in [0.5, 0.6) is 0 Å². The zero-order valence-corrected chi connectivity index (χ0v) is 12.0. The number of pyridine rings is 1. The molecular formula is C14H12ClN3OS. The first-order valence-corrected chi connectivity index (χ1v) is 6.68. The van der Waals surface area contributed by atoms with Gasteiger partial charge in [-0.1, -0.05) is 23.7 Å². The molecule has 102 valence electrons. The molecule has 0 aliphatic carbocycles. The van der Waals surface area contributed by atoms with Crippen LogP contribution in [0.1, 0.15) is 15.9 Å². The molecular weight excluding hydrogens is 294 g/mol. The maximum atomic E-state index is 12.0. The van der Waals surface area contributed by atoms with Crippen LogP contribution in [0.2, 0.25) is 5.02 Å². The summed E-state index contributed by atoms with van der Waals surface area (Å²) in [6.45, 7) is 0.518. The first kappa shape index (κ1) is 14.4. The summed E-state index contributed by atoms with van der Waals surface area (Å²) in [6, 6.07) is 10.5. The number of hydrogen-bond acceptors (Lipinski definition) is 3. The van der Waals surface area contributed by atoms with Crippen molar-refractivity contribution in [2.24, 2.45) is 0 Å². The second-order valence-corrected chi connectivity index (χ2v) is 4.79. The molecule has 2 rings (SSSR count). The summed E-state index contributed by atoms with van der Waals surface area (Å²) in [5, 5.41) is 6.18. The third-order valence-corrected chi connectivity index (χ3v) is 3.12. The quantitative estimate of drug-likeness (QED) is 0.856. The van der Waals surface area contributed by atoms with Gasteiger partial charge >= 0.3 is 0 Å². The lowest BCUT2D eigenvalue weighted by Crippen LogP contribution is -2.38. The van der Waals surface area contributed by atoms with E-state index in [1.165, 1.54) is 0 Å². The molecule has 20 heavy (non-hydrogen) atoms. The molecule has 0 saturated heterocycles. The van der Waals surface area contributed by atoms with E-state index >= 15 is 0 Å². The molecule has 1 aromatic heterocycles. The minimum absolute atomic E-state index is 0.256. The number of carbonyl (C=O) groups excluding carboxylic acids is 1. The number of benzene rings is 1. The van der Waals surface area contributed by atoms with Crippen molar-refractivity contribution in [3.05, 3.63) is 64.9 Å². The highest BCUT2D eigenvalue weighted by Crippen LogP contribution is 2.14. The van der Waals surface area contributed by atoms with E-state index in [1.54, 1.807) is 36.7 Å². The van der Waals surface area contributed by atoms with Gasteiger partial charge in [-0.25, -0.2) is 0 Å². The van der Waals surface area contributed by atoms with E-state index in [-0.39, 0.29) is 11.0 Å². The van der Waals surface area contributed by atoms with E-state index in [2.05, 4.69) is 15.6 Å². The van der Waals surface area contributed by atoms with Gasteiger partial charge in [0, 0.05) is 18.9 Å². The maximum absolute atomic E-state index is 12.0. The smallest absolute Gasteiger partial charge is 0.258 e. The van der Waals surface area contributed by atoms with Gasteiger partial charge in [0.25, 0.3) is 5.91 Å². The number of rotatable bonds is 3. The van der Waals surface area contributed by atoms with E-state index in [4.69, 9.17) is 23.8 Å². The lowest BCUT2D eigenvalue weighted by molar-refractivity contribution is 0.0977. The van der Waals surface area contributed by atoms with Crippen molar-refractivity contribution in [2.45, 2.75) is 6.54 Å². The van der Waals surface area contributed by atoms with Crippen molar-refractivity contribution in [2.75, 3.05) is 0 Å². The highest BCUT2D eigenvalue weighted by Gasteiger charge is 2.10. The summed E-state index contributed by atoms with van der Waals surface area (Å²) < 4.78 is 0. The Labute approximate surface area is 127 Å². The number of thiocarbonyl (C=S) groups is 1. The fourth-order valence-electron chi connectivity index (χ4n) is 1.54. The molecule has 1 aromatic carbocycles. The van der Waals surface area contributed by atoms with E-state index in [0.717, 1.165) is 5.56 Å². The van der Waals surface area contributed by atoms with Crippen LogP contribution < -0.4 is 10.6 Å². The van der Waals surface area contributed by atoms with Crippen molar-refractivity contribution in [1.29, 1.82) is 0 Å². The summed E-state index contributed by atoms with van der Waals surface area (Å²) in [4.78, 5) is 15.9. The van der Waals surface area contributed by atoms with E-state index in [0.29, 0.717) is 17.1 Å². The topological polar surface area (TPSA) is 54.0 Å². The number of carbonyl (C=O) groups is 1. The van der Waals surface area contributed by atoms with Crippen molar-refractivity contribution in [3.63, 3.8) is 0 Å². The highest BCUT2D eigenvalue weighted by atomic mass is 35.5. The van der Waals surface area contributed by atoms with Gasteiger partial charge in [0.05, 0.1) is 10.6 Å². The van der Waals surface area contributed by atoms with Crippen LogP contribution in [0.25, 0.3) is 0 Å². The first-order valence-electron chi connectivity index (χ1n) is 5.89. The van der Waals surface area contributed by atoms with Gasteiger partial charge in [0.1, 0.15) is 0 Å². The summed E-state index contributed by atoms with van der Waals surface area (Å²) >= 11 is 11.0. The molecule has 4 nitrogen and oxygen atoms in total. The summed E-state index contributed by atoms with van der Waals surface area (Å²) in [5.74, 6) is -0.331. The predicted octanol–water partition coefficient (Wildman–Crippen LogP) is 2.54. The number of nitrogens with zero attached hydrogens (tertiary/aromatic N) is 1. The van der Waals surface area contributed by atoms with Crippen LogP contribution in [-0.4, -0.2) is 16.0 Å². The molecule has 2 N–H and O–H groups in total. The predicted molar refractivity (Wildman–Crippen MR) is 82.6 cm³/mol.